The molecule has 0 saturated heterocycles. The van der Waals surface area contributed by atoms with Gasteiger partial charge in [-0.3, -0.25) is 5.32 Å². The molecule has 11 heteroatoms. The molecule has 4 aromatic rings. The molecule has 0 spiro atoms. The summed E-state index contributed by atoms with van der Waals surface area (Å²) in [5.41, 5.74) is 5.15. The first-order chi connectivity index (χ1) is 14.4. The fourth-order valence-electron chi connectivity index (χ4n) is 2.96. The van der Waals surface area contributed by atoms with Gasteiger partial charge < -0.3 is 4.74 Å². The van der Waals surface area contributed by atoms with Crippen LogP contribution in [-0.4, -0.2) is 42.6 Å². The number of thiazole rings is 1. The number of anilines is 1. The Morgan fingerprint density at radius 2 is 2.00 bits per heavy atom. The fourth-order valence-corrected chi connectivity index (χ4v) is 3.97. The first kappa shape index (κ1) is 20.4. The number of hydrogen-bond donors (Lipinski definition) is 1. The van der Waals surface area contributed by atoms with Gasteiger partial charge in [0.2, 0.25) is 0 Å². The molecular weight excluding hydrogens is 470 g/mol. The highest BCUT2D eigenvalue weighted by atomic mass is 79.9. The zero-order valence-electron chi connectivity index (χ0n) is 16.5. The van der Waals surface area contributed by atoms with Crippen LogP contribution in [0.4, 0.5) is 9.93 Å². The molecule has 3 heterocycles. The van der Waals surface area contributed by atoms with Gasteiger partial charge in [0.25, 0.3) is 0 Å². The molecule has 0 bridgehead atoms. The van der Waals surface area contributed by atoms with Gasteiger partial charge in [-0.25, -0.2) is 19.4 Å². The summed E-state index contributed by atoms with van der Waals surface area (Å²) in [6.45, 7) is 6.76. The lowest BCUT2D eigenvalue weighted by Crippen LogP contribution is -2.12. The third kappa shape index (κ3) is 4.31. The number of amides is 1. The van der Waals surface area contributed by atoms with Crippen LogP contribution in [0.5, 0.6) is 0 Å². The van der Waals surface area contributed by atoms with Crippen molar-refractivity contribution < 1.29 is 9.53 Å². The van der Waals surface area contributed by atoms with E-state index < -0.39 is 6.09 Å². The van der Waals surface area contributed by atoms with Crippen molar-refractivity contribution in [3.05, 3.63) is 45.7 Å². The quantitative estimate of drug-likeness (QED) is 0.445. The first-order valence-corrected chi connectivity index (χ1v) is 10.8. The van der Waals surface area contributed by atoms with Crippen molar-refractivity contribution in [2.24, 2.45) is 0 Å². The van der Waals surface area contributed by atoms with Gasteiger partial charge >= 0.3 is 6.09 Å². The van der Waals surface area contributed by atoms with Crippen LogP contribution in [0.25, 0.3) is 21.9 Å². The Hall–Kier alpha value is -2.92. The molecule has 0 radical (unpaired) electrons. The SMILES string of the molecule is CCOC(=O)Nc1nc2ncc(-c3cn(Cc4cc(C)c(Br)c(C)c4)nn3)nc2s1. The molecule has 9 nitrogen and oxygen atoms in total. The van der Waals surface area contributed by atoms with E-state index in [-0.39, 0.29) is 6.61 Å². The Labute approximate surface area is 184 Å². The molecule has 1 aromatic carbocycles. The third-order valence-electron chi connectivity index (χ3n) is 4.25. The molecule has 0 unspecified atom stereocenters. The molecule has 1 N–H and O–H groups in total. The highest BCUT2D eigenvalue weighted by Gasteiger charge is 2.13. The maximum absolute atomic E-state index is 11.6. The number of benzene rings is 1. The van der Waals surface area contributed by atoms with Gasteiger partial charge in [-0.05, 0) is 37.5 Å². The van der Waals surface area contributed by atoms with Crippen LogP contribution >= 0.6 is 27.3 Å². The molecule has 3 aromatic heterocycles. The van der Waals surface area contributed by atoms with Crippen LogP contribution in [0.2, 0.25) is 0 Å². The number of ether oxygens (including phenoxy) is 1. The number of aryl methyl sites for hydroxylation is 2. The molecule has 0 aliphatic carbocycles. The number of fused-ring (bicyclic) bond motifs is 1. The van der Waals surface area contributed by atoms with Crippen molar-refractivity contribution in [2.75, 3.05) is 11.9 Å². The van der Waals surface area contributed by atoms with Crippen molar-refractivity contribution in [3.63, 3.8) is 0 Å². The molecule has 4 rings (SSSR count). The van der Waals surface area contributed by atoms with E-state index in [2.05, 4.69) is 72.5 Å². The van der Waals surface area contributed by atoms with Crippen molar-refractivity contribution >= 4 is 49.0 Å². The maximum atomic E-state index is 11.6. The minimum absolute atomic E-state index is 0.284. The van der Waals surface area contributed by atoms with Crippen LogP contribution in [0.1, 0.15) is 23.6 Å². The lowest BCUT2D eigenvalue weighted by atomic mass is 10.1. The van der Waals surface area contributed by atoms with E-state index in [9.17, 15) is 4.79 Å². The topological polar surface area (TPSA) is 108 Å². The van der Waals surface area contributed by atoms with E-state index in [4.69, 9.17) is 4.74 Å². The van der Waals surface area contributed by atoms with E-state index in [1.54, 1.807) is 17.8 Å². The first-order valence-electron chi connectivity index (χ1n) is 9.16. The molecule has 1 amide bonds. The Bertz CT molecular complexity index is 1210. The van der Waals surface area contributed by atoms with Crippen molar-refractivity contribution in [1.82, 2.24) is 29.9 Å². The van der Waals surface area contributed by atoms with Gasteiger partial charge in [0.1, 0.15) is 11.4 Å². The molecule has 0 atom stereocenters. The van der Waals surface area contributed by atoms with Crippen LogP contribution in [-0.2, 0) is 11.3 Å². The van der Waals surface area contributed by atoms with Crippen molar-refractivity contribution in [1.29, 1.82) is 0 Å². The van der Waals surface area contributed by atoms with Gasteiger partial charge in [-0.15, -0.1) is 5.10 Å². The van der Waals surface area contributed by atoms with E-state index >= 15 is 0 Å². The summed E-state index contributed by atoms with van der Waals surface area (Å²) in [5, 5.41) is 11.4. The molecule has 154 valence electrons. The summed E-state index contributed by atoms with van der Waals surface area (Å²) in [5.74, 6) is 0. The van der Waals surface area contributed by atoms with Gasteiger partial charge in [-0.1, -0.05) is 44.6 Å². The van der Waals surface area contributed by atoms with E-state index in [1.165, 1.54) is 22.5 Å². The van der Waals surface area contributed by atoms with Crippen LogP contribution in [0.15, 0.2) is 29.0 Å². The predicted octanol–water partition coefficient (Wildman–Crippen LogP) is 4.34. The van der Waals surface area contributed by atoms with Crippen LogP contribution in [0.3, 0.4) is 0 Å². The van der Waals surface area contributed by atoms with Crippen LogP contribution < -0.4 is 5.32 Å². The highest BCUT2D eigenvalue weighted by molar-refractivity contribution is 9.10. The third-order valence-corrected chi connectivity index (χ3v) is 6.35. The Kier molecular flexibility index (Phi) is 5.73. The lowest BCUT2D eigenvalue weighted by molar-refractivity contribution is 0.168. The van der Waals surface area contributed by atoms with Gasteiger partial charge in [0, 0.05) is 4.47 Å². The number of hydrogen-bond acceptors (Lipinski definition) is 8. The monoisotopic (exact) mass is 487 g/mol. The summed E-state index contributed by atoms with van der Waals surface area (Å²) in [6.07, 6.45) is 2.87. The van der Waals surface area contributed by atoms with Gasteiger partial charge in [0.15, 0.2) is 15.6 Å². The van der Waals surface area contributed by atoms with E-state index in [1.807, 2.05) is 6.20 Å². The second-order valence-corrected chi connectivity index (χ2v) is 8.36. The average molecular weight is 488 g/mol. The summed E-state index contributed by atoms with van der Waals surface area (Å²) in [4.78, 5) is 25.3. The number of aromatic nitrogens is 6. The van der Waals surface area contributed by atoms with Gasteiger partial charge in [-0.2, -0.15) is 4.98 Å². The second kappa shape index (κ2) is 8.44. The van der Waals surface area contributed by atoms with Crippen molar-refractivity contribution in [2.45, 2.75) is 27.3 Å². The smallest absolute Gasteiger partial charge is 0.413 e. The Balaban J connectivity index is 1.54. The molecule has 30 heavy (non-hydrogen) atoms. The summed E-state index contributed by atoms with van der Waals surface area (Å²) in [6, 6.07) is 4.25. The summed E-state index contributed by atoms with van der Waals surface area (Å²) >= 11 is 4.81. The molecule has 0 aliphatic heterocycles. The zero-order chi connectivity index (χ0) is 21.3. The highest BCUT2D eigenvalue weighted by Crippen LogP contribution is 2.26. The van der Waals surface area contributed by atoms with E-state index in [0.29, 0.717) is 33.5 Å². The normalized spacial score (nSPS) is 11.1. The number of halogens is 1. The maximum Gasteiger partial charge on any atom is 0.413 e. The number of rotatable bonds is 5. The Morgan fingerprint density at radius 3 is 2.73 bits per heavy atom. The standard InChI is InChI=1S/C19H18BrN7O2S/c1-4-29-19(28)24-18-23-16-17(30-18)22-13(7-21-16)14-9-27(26-25-14)8-12-5-10(2)15(20)11(3)6-12/h5-7,9H,4,8H2,1-3H3,(H,21,23,24,28). The van der Waals surface area contributed by atoms with Gasteiger partial charge in [0.05, 0.1) is 25.5 Å². The minimum atomic E-state index is -0.557. The largest absolute Gasteiger partial charge is 0.450 e. The zero-order valence-corrected chi connectivity index (χ0v) is 18.9. The number of nitrogens with one attached hydrogen (secondary N) is 1. The molecular formula is C19H18BrN7O2S. The second-order valence-electron chi connectivity index (χ2n) is 6.59. The summed E-state index contributed by atoms with van der Waals surface area (Å²) < 4.78 is 7.75. The minimum Gasteiger partial charge on any atom is -0.450 e. The number of carbonyl (C=O) groups excluding carboxylic acids is 1. The lowest BCUT2D eigenvalue weighted by Gasteiger charge is -2.07. The molecule has 0 saturated carbocycles. The fraction of sp³-hybridized carbons (Fsp3) is 0.263. The van der Waals surface area contributed by atoms with Crippen molar-refractivity contribution in [3.8, 4) is 11.4 Å². The van der Waals surface area contributed by atoms with Crippen LogP contribution in [0, 0.1) is 13.8 Å². The molecule has 0 fully saturated rings. The molecule has 0 aliphatic rings. The number of carbonyl (C=O) groups is 1. The van der Waals surface area contributed by atoms with E-state index in [0.717, 1.165) is 10.0 Å². The summed E-state index contributed by atoms with van der Waals surface area (Å²) in [7, 11) is 0. The average Bonchev–Trinajstić information content (AvgIpc) is 3.31. The predicted molar refractivity (Wildman–Crippen MR) is 118 cm³/mol. The number of nitrogens with zero attached hydrogens (tertiary/aromatic N) is 6. The Morgan fingerprint density at radius 1 is 1.23 bits per heavy atom.